The summed E-state index contributed by atoms with van der Waals surface area (Å²) in [7, 11) is 0. The number of hydrogen-bond acceptors (Lipinski definition) is 5. The van der Waals surface area contributed by atoms with Crippen LogP contribution in [0.3, 0.4) is 0 Å². The van der Waals surface area contributed by atoms with Gasteiger partial charge >= 0.3 is 12.1 Å². The molecule has 3 aromatic rings. The zero-order chi connectivity index (χ0) is 29.8. The normalized spacial score (nSPS) is 16.7. The van der Waals surface area contributed by atoms with Crippen molar-refractivity contribution in [1.82, 2.24) is 15.5 Å². The highest BCUT2D eigenvalue weighted by atomic mass is 19.4. The molecule has 2 fully saturated rings. The molecule has 0 atom stereocenters. The topological polar surface area (TPSA) is 102 Å². The summed E-state index contributed by atoms with van der Waals surface area (Å²) in [5.74, 6) is -4.78. The predicted octanol–water partition coefficient (Wildman–Crippen LogP) is 3.91. The molecule has 8 nitrogen and oxygen atoms in total. The van der Waals surface area contributed by atoms with Crippen molar-refractivity contribution in [3.63, 3.8) is 0 Å². The Balaban J connectivity index is 0.000000493. The molecule has 2 heterocycles. The van der Waals surface area contributed by atoms with E-state index in [4.69, 9.17) is 9.90 Å². The maximum Gasteiger partial charge on any atom is 0.490 e. The number of halogens is 5. The van der Waals surface area contributed by atoms with Crippen LogP contribution in [0.1, 0.15) is 23.2 Å². The molecule has 1 spiro atoms. The van der Waals surface area contributed by atoms with E-state index < -0.39 is 29.3 Å². The fraction of sp³-hybridized carbons (Fsp3) is 0.321. The molecule has 5 rings (SSSR count). The van der Waals surface area contributed by atoms with Crippen LogP contribution in [0.5, 0.6) is 0 Å². The minimum absolute atomic E-state index is 0.0820. The van der Waals surface area contributed by atoms with Gasteiger partial charge in [-0.2, -0.15) is 13.2 Å². The Bertz CT molecular complexity index is 1440. The highest BCUT2D eigenvalue weighted by Crippen LogP contribution is 2.36. The zero-order valence-corrected chi connectivity index (χ0v) is 21.7. The van der Waals surface area contributed by atoms with Gasteiger partial charge in [-0.05, 0) is 47.9 Å². The van der Waals surface area contributed by atoms with E-state index in [1.54, 1.807) is 0 Å². The van der Waals surface area contributed by atoms with Crippen LogP contribution in [0.25, 0.3) is 10.8 Å². The molecule has 3 N–H and O–H groups in total. The minimum Gasteiger partial charge on any atom is -0.475 e. The number of carboxylic acid groups (broad SMARTS) is 1. The van der Waals surface area contributed by atoms with E-state index in [0.717, 1.165) is 22.9 Å². The van der Waals surface area contributed by atoms with Crippen molar-refractivity contribution in [2.45, 2.75) is 24.6 Å². The van der Waals surface area contributed by atoms with Crippen LogP contribution in [0.2, 0.25) is 0 Å². The minimum atomic E-state index is -5.08. The Morgan fingerprint density at radius 1 is 0.951 bits per heavy atom. The Morgan fingerprint density at radius 3 is 2.24 bits per heavy atom. The number of amides is 2. The third-order valence-corrected chi connectivity index (χ3v) is 7.20. The van der Waals surface area contributed by atoms with Crippen LogP contribution < -0.4 is 15.5 Å². The van der Waals surface area contributed by atoms with E-state index >= 15 is 0 Å². The Kier molecular flexibility index (Phi) is 8.76. The molecular formula is C28H27F5N4O4. The molecule has 0 saturated carbocycles. The third-order valence-electron chi connectivity index (χ3n) is 7.20. The average molecular weight is 579 g/mol. The van der Waals surface area contributed by atoms with Gasteiger partial charge in [-0.3, -0.25) is 9.59 Å². The number of likely N-dealkylation sites (tertiary alicyclic amines) is 1. The van der Waals surface area contributed by atoms with Gasteiger partial charge in [-0.15, -0.1) is 0 Å². The van der Waals surface area contributed by atoms with Crippen molar-refractivity contribution in [2.24, 2.45) is 0 Å². The Hall–Kier alpha value is -4.26. The summed E-state index contributed by atoms with van der Waals surface area (Å²) in [6, 6.07) is 17.3. The molecule has 0 unspecified atom stereocenters. The van der Waals surface area contributed by atoms with E-state index in [0.29, 0.717) is 50.3 Å². The summed E-state index contributed by atoms with van der Waals surface area (Å²) in [6.45, 7) is 2.77. The first-order chi connectivity index (χ1) is 19.4. The van der Waals surface area contributed by atoms with E-state index in [2.05, 4.69) is 15.5 Å². The van der Waals surface area contributed by atoms with Gasteiger partial charge in [0.1, 0.15) is 5.54 Å². The van der Waals surface area contributed by atoms with Crippen LogP contribution in [0.15, 0.2) is 60.7 Å². The van der Waals surface area contributed by atoms with Crippen molar-refractivity contribution in [3.8, 4) is 0 Å². The Morgan fingerprint density at radius 2 is 1.61 bits per heavy atom. The second-order valence-electron chi connectivity index (χ2n) is 9.68. The first-order valence-electron chi connectivity index (χ1n) is 12.7. The zero-order valence-electron chi connectivity index (χ0n) is 21.7. The third kappa shape index (κ3) is 6.73. The number of benzene rings is 3. The monoisotopic (exact) mass is 578 g/mol. The molecule has 2 amide bonds. The summed E-state index contributed by atoms with van der Waals surface area (Å²) in [6.07, 6.45) is -3.95. The van der Waals surface area contributed by atoms with E-state index in [-0.39, 0.29) is 18.5 Å². The fourth-order valence-corrected chi connectivity index (χ4v) is 4.98. The van der Waals surface area contributed by atoms with Crippen LogP contribution >= 0.6 is 0 Å². The number of carboxylic acids is 1. The fourth-order valence-electron chi connectivity index (χ4n) is 4.98. The second-order valence-corrected chi connectivity index (χ2v) is 9.68. The van der Waals surface area contributed by atoms with Gasteiger partial charge in [0.15, 0.2) is 11.6 Å². The lowest BCUT2D eigenvalue weighted by Crippen LogP contribution is -2.57. The number of hydrogen-bond donors (Lipinski definition) is 3. The molecule has 218 valence electrons. The van der Waals surface area contributed by atoms with Crippen LogP contribution in [0, 0.1) is 11.6 Å². The van der Waals surface area contributed by atoms with Gasteiger partial charge in [0.25, 0.3) is 5.91 Å². The molecule has 2 saturated heterocycles. The summed E-state index contributed by atoms with van der Waals surface area (Å²) in [5.41, 5.74) is 0.351. The molecule has 13 heteroatoms. The summed E-state index contributed by atoms with van der Waals surface area (Å²) >= 11 is 0. The first kappa shape index (κ1) is 29.7. The summed E-state index contributed by atoms with van der Waals surface area (Å²) in [4.78, 5) is 38.3. The number of alkyl halides is 3. The molecule has 0 aromatic heterocycles. The number of nitrogens with one attached hydrogen (secondary N) is 2. The molecular weight excluding hydrogens is 551 g/mol. The van der Waals surface area contributed by atoms with Gasteiger partial charge in [0.2, 0.25) is 5.91 Å². The summed E-state index contributed by atoms with van der Waals surface area (Å²) < 4.78 is 58.9. The predicted molar refractivity (Wildman–Crippen MR) is 140 cm³/mol. The van der Waals surface area contributed by atoms with Crippen molar-refractivity contribution in [1.29, 1.82) is 0 Å². The Labute approximate surface area is 231 Å². The van der Waals surface area contributed by atoms with Crippen molar-refractivity contribution < 1.29 is 41.4 Å². The van der Waals surface area contributed by atoms with Gasteiger partial charge in [-0.1, -0.05) is 30.3 Å². The average Bonchev–Trinajstić information content (AvgIpc) is 3.25. The molecule has 2 aliphatic heterocycles. The van der Waals surface area contributed by atoms with E-state index in [1.807, 2.05) is 47.4 Å². The maximum atomic E-state index is 13.8. The maximum absolute atomic E-state index is 13.8. The van der Waals surface area contributed by atoms with Crippen molar-refractivity contribution >= 4 is 34.2 Å². The van der Waals surface area contributed by atoms with Gasteiger partial charge < -0.3 is 25.5 Å². The lowest BCUT2D eigenvalue weighted by atomic mass is 9.85. The van der Waals surface area contributed by atoms with E-state index in [1.165, 1.54) is 6.07 Å². The number of carbonyl (C=O) groups is 3. The number of rotatable bonds is 5. The van der Waals surface area contributed by atoms with Crippen molar-refractivity contribution in [3.05, 3.63) is 77.9 Å². The van der Waals surface area contributed by atoms with Crippen molar-refractivity contribution in [2.75, 3.05) is 37.7 Å². The highest BCUT2D eigenvalue weighted by Gasteiger charge is 2.50. The largest absolute Gasteiger partial charge is 0.490 e. The first-order valence-corrected chi connectivity index (χ1v) is 12.7. The SMILES string of the molecule is O=C(NCCN1CCC2(CC1)C(=O)NCN2c1ccc(F)c(F)c1)c1ccc2ccccc2c1.O=C(O)C(F)(F)F. The quantitative estimate of drug-likeness (QED) is 0.397. The molecule has 41 heavy (non-hydrogen) atoms. The van der Waals surface area contributed by atoms with E-state index in [9.17, 15) is 31.5 Å². The van der Waals surface area contributed by atoms with Crippen LogP contribution in [-0.2, 0) is 9.59 Å². The molecule has 0 bridgehead atoms. The number of carbonyl (C=O) groups excluding carboxylic acids is 2. The molecule has 0 radical (unpaired) electrons. The van der Waals surface area contributed by atoms with Crippen LogP contribution in [0.4, 0.5) is 27.6 Å². The summed E-state index contributed by atoms with van der Waals surface area (Å²) in [5, 5.41) is 15.1. The number of anilines is 1. The van der Waals surface area contributed by atoms with Gasteiger partial charge in [-0.25, -0.2) is 13.6 Å². The molecule has 3 aromatic carbocycles. The number of aliphatic carboxylic acids is 1. The number of nitrogens with zero attached hydrogens (tertiary/aromatic N) is 2. The van der Waals surface area contributed by atoms with Gasteiger partial charge in [0, 0.05) is 43.5 Å². The van der Waals surface area contributed by atoms with Crippen LogP contribution in [-0.4, -0.2) is 72.4 Å². The lowest BCUT2D eigenvalue weighted by Gasteiger charge is -2.43. The second kappa shape index (κ2) is 12.1. The molecule has 0 aliphatic carbocycles. The lowest BCUT2D eigenvalue weighted by molar-refractivity contribution is -0.192. The van der Waals surface area contributed by atoms with Gasteiger partial charge in [0.05, 0.1) is 6.67 Å². The highest BCUT2D eigenvalue weighted by molar-refractivity contribution is 5.98. The standard InChI is InChI=1S/C26H26F2N4O2.C2HF3O2/c27-22-8-7-21(16-23(22)28)32-17-30-25(34)26(32)9-12-31(13-10-26)14-11-29-24(33)20-6-5-18-3-1-2-4-19(18)15-20;3-2(4,5)1(6)7/h1-8,15-16H,9-14,17H2,(H,29,33)(H,30,34);(H,6,7). The number of fused-ring (bicyclic) bond motifs is 1. The smallest absolute Gasteiger partial charge is 0.475 e. The number of piperidine rings is 1. The molecule has 2 aliphatic rings.